The van der Waals surface area contributed by atoms with Gasteiger partial charge in [-0.15, -0.1) is 0 Å². The number of ether oxygens (including phenoxy) is 1. The SMILES string of the molecule is COc1ccc(N2CCN(C(=O)NCC3CCN(S(C)(=O)=O)CC3)CC2)cc1. The van der Waals surface area contributed by atoms with Gasteiger partial charge in [-0.2, -0.15) is 0 Å². The van der Waals surface area contributed by atoms with E-state index in [1.54, 1.807) is 7.11 Å². The average molecular weight is 411 g/mol. The summed E-state index contributed by atoms with van der Waals surface area (Å²) in [4.78, 5) is 16.6. The van der Waals surface area contributed by atoms with E-state index in [1.807, 2.05) is 29.2 Å². The first-order valence-corrected chi connectivity index (χ1v) is 11.6. The molecule has 1 N–H and O–H groups in total. The summed E-state index contributed by atoms with van der Waals surface area (Å²) >= 11 is 0. The highest BCUT2D eigenvalue weighted by Crippen LogP contribution is 2.21. The Kier molecular flexibility index (Phi) is 6.66. The molecule has 2 fully saturated rings. The summed E-state index contributed by atoms with van der Waals surface area (Å²) in [5, 5.41) is 3.03. The molecule has 8 nitrogen and oxygen atoms in total. The number of hydrogen-bond donors (Lipinski definition) is 1. The van der Waals surface area contributed by atoms with Gasteiger partial charge in [-0.05, 0) is 43.0 Å². The lowest BCUT2D eigenvalue weighted by atomic mass is 9.98. The highest BCUT2D eigenvalue weighted by Gasteiger charge is 2.26. The van der Waals surface area contributed by atoms with Crippen LogP contribution in [0.15, 0.2) is 24.3 Å². The van der Waals surface area contributed by atoms with Crippen LogP contribution in [-0.2, 0) is 10.0 Å². The second-order valence-corrected chi connectivity index (χ2v) is 9.45. The molecule has 28 heavy (non-hydrogen) atoms. The number of sulfonamides is 1. The zero-order chi connectivity index (χ0) is 20.1. The van der Waals surface area contributed by atoms with Gasteiger partial charge in [0.05, 0.1) is 13.4 Å². The molecule has 3 rings (SSSR count). The van der Waals surface area contributed by atoms with E-state index in [1.165, 1.54) is 10.6 Å². The van der Waals surface area contributed by atoms with Crippen LogP contribution in [0.3, 0.4) is 0 Å². The molecule has 0 bridgehead atoms. The highest BCUT2D eigenvalue weighted by molar-refractivity contribution is 7.88. The second-order valence-electron chi connectivity index (χ2n) is 7.46. The number of rotatable bonds is 5. The molecule has 0 aliphatic carbocycles. The average Bonchev–Trinajstić information content (AvgIpc) is 2.72. The predicted molar refractivity (Wildman–Crippen MR) is 109 cm³/mol. The Bertz CT molecular complexity index is 753. The molecule has 1 aromatic carbocycles. The maximum atomic E-state index is 12.5. The van der Waals surface area contributed by atoms with Crippen molar-refractivity contribution in [1.29, 1.82) is 0 Å². The first-order chi connectivity index (χ1) is 13.4. The number of anilines is 1. The van der Waals surface area contributed by atoms with E-state index < -0.39 is 10.0 Å². The first-order valence-electron chi connectivity index (χ1n) is 9.73. The van der Waals surface area contributed by atoms with Gasteiger partial charge in [0.25, 0.3) is 0 Å². The zero-order valence-corrected chi connectivity index (χ0v) is 17.5. The van der Waals surface area contributed by atoms with Crippen molar-refractivity contribution in [3.05, 3.63) is 24.3 Å². The van der Waals surface area contributed by atoms with Crippen molar-refractivity contribution in [2.45, 2.75) is 12.8 Å². The van der Waals surface area contributed by atoms with E-state index in [0.29, 0.717) is 38.6 Å². The molecular formula is C19H30N4O4S. The molecular weight excluding hydrogens is 380 g/mol. The van der Waals surface area contributed by atoms with Crippen LogP contribution in [0.5, 0.6) is 5.75 Å². The van der Waals surface area contributed by atoms with E-state index in [0.717, 1.165) is 37.4 Å². The van der Waals surface area contributed by atoms with Gasteiger partial charge in [0, 0.05) is 51.5 Å². The zero-order valence-electron chi connectivity index (χ0n) is 16.6. The Morgan fingerprint density at radius 2 is 1.68 bits per heavy atom. The van der Waals surface area contributed by atoms with Crippen molar-refractivity contribution in [2.75, 3.05) is 64.1 Å². The monoisotopic (exact) mass is 410 g/mol. The van der Waals surface area contributed by atoms with E-state index in [9.17, 15) is 13.2 Å². The number of nitrogens with zero attached hydrogens (tertiary/aromatic N) is 3. The Hall–Kier alpha value is -2.00. The minimum absolute atomic E-state index is 0.0278. The molecule has 9 heteroatoms. The van der Waals surface area contributed by atoms with Crippen LogP contribution >= 0.6 is 0 Å². The number of carbonyl (C=O) groups is 1. The summed E-state index contributed by atoms with van der Waals surface area (Å²) in [7, 11) is -1.45. The smallest absolute Gasteiger partial charge is 0.317 e. The van der Waals surface area contributed by atoms with Crippen molar-refractivity contribution in [3.63, 3.8) is 0 Å². The quantitative estimate of drug-likeness (QED) is 0.789. The third-order valence-electron chi connectivity index (χ3n) is 5.59. The van der Waals surface area contributed by atoms with Gasteiger partial charge in [0.1, 0.15) is 5.75 Å². The lowest BCUT2D eigenvalue weighted by molar-refractivity contribution is 0.188. The fourth-order valence-electron chi connectivity index (χ4n) is 3.75. The summed E-state index contributed by atoms with van der Waals surface area (Å²) in [6.07, 6.45) is 2.83. The van der Waals surface area contributed by atoms with Gasteiger partial charge in [-0.25, -0.2) is 17.5 Å². The third kappa shape index (κ3) is 5.29. The number of piperazine rings is 1. The minimum Gasteiger partial charge on any atom is -0.497 e. The van der Waals surface area contributed by atoms with Gasteiger partial charge < -0.3 is 19.9 Å². The molecule has 156 valence electrons. The lowest BCUT2D eigenvalue weighted by Crippen LogP contribution is -2.52. The van der Waals surface area contributed by atoms with Gasteiger partial charge in [0.15, 0.2) is 0 Å². The number of amides is 2. The molecule has 0 radical (unpaired) electrons. The van der Waals surface area contributed by atoms with Crippen molar-refractivity contribution in [1.82, 2.24) is 14.5 Å². The summed E-state index contributed by atoms with van der Waals surface area (Å²) in [5.74, 6) is 1.17. The number of methoxy groups -OCH3 is 1. The minimum atomic E-state index is -3.10. The molecule has 2 heterocycles. The van der Waals surface area contributed by atoms with E-state index in [4.69, 9.17) is 4.74 Å². The molecule has 2 saturated heterocycles. The fraction of sp³-hybridized carbons (Fsp3) is 0.632. The van der Waals surface area contributed by atoms with E-state index >= 15 is 0 Å². The van der Waals surface area contributed by atoms with Crippen LogP contribution in [0, 0.1) is 5.92 Å². The largest absolute Gasteiger partial charge is 0.497 e. The van der Waals surface area contributed by atoms with E-state index in [-0.39, 0.29) is 6.03 Å². The second kappa shape index (κ2) is 9.00. The molecule has 2 amide bonds. The lowest BCUT2D eigenvalue weighted by Gasteiger charge is -2.36. The number of benzene rings is 1. The van der Waals surface area contributed by atoms with Crippen LogP contribution in [0.4, 0.5) is 10.5 Å². The van der Waals surface area contributed by atoms with Crippen LogP contribution in [0.25, 0.3) is 0 Å². The first kappa shape index (κ1) is 20.7. The van der Waals surface area contributed by atoms with Crippen LogP contribution in [0.2, 0.25) is 0 Å². The highest BCUT2D eigenvalue weighted by atomic mass is 32.2. The number of carbonyl (C=O) groups excluding carboxylic acids is 1. The molecule has 0 spiro atoms. The summed E-state index contributed by atoms with van der Waals surface area (Å²) in [6, 6.07) is 7.95. The van der Waals surface area contributed by atoms with Crippen LogP contribution in [0.1, 0.15) is 12.8 Å². The molecule has 0 saturated carbocycles. The Morgan fingerprint density at radius 3 is 2.21 bits per heavy atom. The van der Waals surface area contributed by atoms with Gasteiger partial charge in [-0.1, -0.05) is 0 Å². The molecule has 0 aromatic heterocycles. The fourth-order valence-corrected chi connectivity index (χ4v) is 4.62. The molecule has 1 aromatic rings. The summed E-state index contributed by atoms with van der Waals surface area (Å²) < 4.78 is 29.8. The van der Waals surface area contributed by atoms with Crippen molar-refractivity contribution in [3.8, 4) is 5.75 Å². The molecule has 0 unspecified atom stereocenters. The van der Waals surface area contributed by atoms with Gasteiger partial charge in [-0.3, -0.25) is 0 Å². The van der Waals surface area contributed by atoms with Gasteiger partial charge >= 0.3 is 6.03 Å². The normalized spacial score (nSPS) is 19.5. The number of hydrogen-bond acceptors (Lipinski definition) is 5. The third-order valence-corrected chi connectivity index (χ3v) is 6.89. The molecule has 2 aliphatic heterocycles. The summed E-state index contributed by atoms with van der Waals surface area (Å²) in [5.41, 5.74) is 1.14. The van der Waals surface area contributed by atoms with Crippen LogP contribution in [-0.4, -0.2) is 82.8 Å². The number of urea groups is 1. The molecule has 2 aliphatic rings. The van der Waals surface area contributed by atoms with E-state index in [2.05, 4.69) is 10.2 Å². The van der Waals surface area contributed by atoms with Crippen LogP contribution < -0.4 is 15.0 Å². The van der Waals surface area contributed by atoms with Gasteiger partial charge in [0.2, 0.25) is 10.0 Å². The Labute approximate surface area is 167 Å². The standard InChI is InChI=1S/C19H30N4O4S/c1-27-18-5-3-17(4-6-18)21-11-13-22(14-12-21)19(24)20-15-16-7-9-23(10-8-16)28(2,25)26/h3-6,16H,7-15H2,1-2H3,(H,20,24). The Morgan fingerprint density at radius 1 is 1.07 bits per heavy atom. The molecule has 0 atom stereocenters. The topological polar surface area (TPSA) is 82.2 Å². The summed E-state index contributed by atoms with van der Waals surface area (Å²) in [6.45, 7) is 4.66. The van der Waals surface area contributed by atoms with Crippen molar-refractivity contribution < 1.29 is 17.9 Å². The maximum Gasteiger partial charge on any atom is 0.317 e. The van der Waals surface area contributed by atoms with Crippen molar-refractivity contribution >= 4 is 21.7 Å². The predicted octanol–water partition coefficient (Wildman–Crippen LogP) is 1.20. The Balaban J connectivity index is 1.39. The number of piperidine rings is 1. The number of nitrogens with one attached hydrogen (secondary N) is 1. The maximum absolute atomic E-state index is 12.5. The van der Waals surface area contributed by atoms with Crippen molar-refractivity contribution in [2.24, 2.45) is 5.92 Å².